The van der Waals surface area contributed by atoms with Crippen molar-refractivity contribution in [3.63, 3.8) is 0 Å². The van der Waals surface area contributed by atoms with E-state index in [0.29, 0.717) is 26.2 Å². The number of carbonyl (C=O) groups excluding carboxylic acids is 3. The molecule has 0 spiro atoms. The molecule has 0 radical (unpaired) electrons. The van der Waals surface area contributed by atoms with E-state index in [1.807, 2.05) is 18.7 Å². The van der Waals surface area contributed by atoms with Crippen LogP contribution in [0.3, 0.4) is 0 Å². The summed E-state index contributed by atoms with van der Waals surface area (Å²) in [5, 5.41) is 22.4. The number of nitrogens with zero attached hydrogens (tertiary/aromatic N) is 3. The first-order valence-corrected chi connectivity index (χ1v) is 11.0. The lowest BCUT2D eigenvalue weighted by Gasteiger charge is -2.46. The summed E-state index contributed by atoms with van der Waals surface area (Å²) >= 11 is 1.31. The van der Waals surface area contributed by atoms with E-state index < -0.39 is 46.0 Å². The normalized spacial score (nSPS) is 29.4. The van der Waals surface area contributed by atoms with Gasteiger partial charge in [-0.05, 0) is 27.7 Å². The molecule has 10 nitrogen and oxygen atoms in total. The van der Waals surface area contributed by atoms with Crippen molar-refractivity contribution in [1.82, 2.24) is 20.0 Å². The average molecular weight is 443 g/mol. The molecule has 0 unspecified atom stereocenters. The van der Waals surface area contributed by atoms with Crippen LogP contribution in [0.5, 0.6) is 0 Å². The number of aliphatic carboxylic acids is 1. The Hall–Kier alpha value is -1.85. The van der Waals surface area contributed by atoms with Gasteiger partial charge in [-0.2, -0.15) is 0 Å². The predicted molar refractivity (Wildman–Crippen MR) is 110 cm³/mol. The highest BCUT2D eigenvalue weighted by molar-refractivity contribution is 8.01. The number of hydrogen-bond donors (Lipinski definition) is 3. The van der Waals surface area contributed by atoms with Crippen LogP contribution in [0, 0.1) is 5.92 Å². The molecule has 3 aliphatic heterocycles. The Morgan fingerprint density at radius 3 is 2.33 bits per heavy atom. The minimum atomic E-state index is -1.50. The standard InChI is InChI=1S/C19H30N4O6S/c1-10(2)20-11(24)9-21-5-7-22(8-6-21)16(27)13(25)12-15(26)23-14(18(28)29)19(3,4)30-17(12)23/h10,12-14,17,25H,5-9H2,1-4H3,(H,20,24)(H,28,29)/t12-,13+,14+,17-/m1/s1. The number of carboxylic acid groups (broad SMARTS) is 1. The van der Waals surface area contributed by atoms with Gasteiger partial charge >= 0.3 is 5.97 Å². The third-order valence-corrected chi connectivity index (χ3v) is 7.40. The quantitative estimate of drug-likeness (QED) is 0.437. The summed E-state index contributed by atoms with van der Waals surface area (Å²) in [6.45, 7) is 9.25. The van der Waals surface area contributed by atoms with E-state index in [0.717, 1.165) is 0 Å². The van der Waals surface area contributed by atoms with Crippen molar-refractivity contribution in [2.45, 2.75) is 56.0 Å². The highest BCUT2D eigenvalue weighted by Crippen LogP contribution is 2.54. The fourth-order valence-corrected chi connectivity index (χ4v) is 6.09. The lowest BCUT2D eigenvalue weighted by atomic mass is 9.87. The van der Waals surface area contributed by atoms with Crippen molar-refractivity contribution in [1.29, 1.82) is 0 Å². The van der Waals surface area contributed by atoms with Gasteiger partial charge in [-0.3, -0.25) is 19.3 Å². The second kappa shape index (κ2) is 8.35. The van der Waals surface area contributed by atoms with Crippen LogP contribution in [0.4, 0.5) is 0 Å². The summed E-state index contributed by atoms with van der Waals surface area (Å²) < 4.78 is -0.703. The minimum Gasteiger partial charge on any atom is -0.480 e. The highest BCUT2D eigenvalue weighted by Gasteiger charge is 2.66. The van der Waals surface area contributed by atoms with Crippen molar-refractivity contribution in [3.8, 4) is 0 Å². The van der Waals surface area contributed by atoms with E-state index in [1.165, 1.54) is 21.6 Å². The molecule has 3 amide bonds. The van der Waals surface area contributed by atoms with Crippen LogP contribution in [-0.2, 0) is 19.2 Å². The maximum Gasteiger partial charge on any atom is 0.327 e. The molecular weight excluding hydrogens is 412 g/mol. The average Bonchev–Trinajstić information content (AvgIpc) is 2.88. The highest BCUT2D eigenvalue weighted by atomic mass is 32.2. The van der Waals surface area contributed by atoms with Gasteiger partial charge in [0.2, 0.25) is 11.8 Å². The van der Waals surface area contributed by atoms with Gasteiger partial charge < -0.3 is 25.3 Å². The first-order chi connectivity index (χ1) is 13.9. The number of fused-ring (bicyclic) bond motifs is 1. The zero-order valence-electron chi connectivity index (χ0n) is 17.7. The molecule has 3 heterocycles. The van der Waals surface area contributed by atoms with Crippen LogP contribution in [0.1, 0.15) is 27.7 Å². The van der Waals surface area contributed by atoms with Crippen LogP contribution in [0.25, 0.3) is 0 Å². The second-order valence-electron chi connectivity index (χ2n) is 8.89. The van der Waals surface area contributed by atoms with Gasteiger partial charge in [0.15, 0.2) is 0 Å². The van der Waals surface area contributed by atoms with E-state index in [9.17, 15) is 29.4 Å². The van der Waals surface area contributed by atoms with Crippen LogP contribution in [-0.4, -0.2) is 110 Å². The van der Waals surface area contributed by atoms with Gasteiger partial charge in [0.1, 0.15) is 18.1 Å². The number of amides is 3. The molecule has 168 valence electrons. The zero-order valence-corrected chi connectivity index (χ0v) is 18.5. The van der Waals surface area contributed by atoms with E-state index in [2.05, 4.69) is 5.32 Å². The Morgan fingerprint density at radius 1 is 1.20 bits per heavy atom. The third-order valence-electron chi connectivity index (χ3n) is 5.81. The van der Waals surface area contributed by atoms with E-state index >= 15 is 0 Å². The molecule has 4 atom stereocenters. The van der Waals surface area contributed by atoms with Gasteiger partial charge in [-0.25, -0.2) is 4.79 Å². The third kappa shape index (κ3) is 4.15. The number of aliphatic hydroxyl groups is 1. The van der Waals surface area contributed by atoms with Crippen LogP contribution in [0.15, 0.2) is 0 Å². The Labute approximate surface area is 179 Å². The van der Waals surface area contributed by atoms with Gasteiger partial charge in [0, 0.05) is 37.0 Å². The molecule has 0 aromatic heterocycles. The Morgan fingerprint density at radius 2 is 1.80 bits per heavy atom. The summed E-state index contributed by atoms with van der Waals surface area (Å²) in [6, 6.07) is -0.909. The number of rotatable bonds is 6. The summed E-state index contributed by atoms with van der Waals surface area (Å²) in [6.07, 6.45) is -1.50. The lowest BCUT2D eigenvalue weighted by Crippen LogP contribution is -2.67. The molecule has 0 bridgehead atoms. The summed E-state index contributed by atoms with van der Waals surface area (Å²) in [5.41, 5.74) is 0. The molecule has 11 heteroatoms. The smallest absolute Gasteiger partial charge is 0.327 e. The largest absolute Gasteiger partial charge is 0.480 e. The molecule has 30 heavy (non-hydrogen) atoms. The molecular formula is C19H30N4O6S. The SMILES string of the molecule is CC(C)NC(=O)CN1CCN(C(=O)[C@@H](O)[C@@H]2C(=O)N3[C@@H]2SC(C)(C)[C@@H]3C(=O)O)CC1. The maximum absolute atomic E-state index is 12.8. The van der Waals surface area contributed by atoms with Crippen molar-refractivity contribution in [2.75, 3.05) is 32.7 Å². The Kier molecular flexibility index (Phi) is 6.35. The van der Waals surface area contributed by atoms with E-state index in [1.54, 1.807) is 13.8 Å². The monoisotopic (exact) mass is 442 g/mol. The summed E-state index contributed by atoms with van der Waals surface area (Å²) in [7, 11) is 0. The number of piperazine rings is 1. The van der Waals surface area contributed by atoms with Crippen molar-refractivity contribution >= 4 is 35.5 Å². The number of thioether (sulfide) groups is 1. The maximum atomic E-state index is 12.8. The van der Waals surface area contributed by atoms with Gasteiger partial charge in [-0.15, -0.1) is 11.8 Å². The number of carbonyl (C=O) groups is 4. The molecule has 3 saturated heterocycles. The van der Waals surface area contributed by atoms with Crippen molar-refractivity contribution in [2.24, 2.45) is 5.92 Å². The van der Waals surface area contributed by atoms with Gasteiger partial charge in [-0.1, -0.05) is 0 Å². The fourth-order valence-electron chi connectivity index (χ4n) is 4.37. The topological polar surface area (TPSA) is 130 Å². The van der Waals surface area contributed by atoms with Crippen molar-refractivity contribution in [3.05, 3.63) is 0 Å². The summed E-state index contributed by atoms with van der Waals surface area (Å²) in [5.74, 6) is -3.09. The minimum absolute atomic E-state index is 0.0641. The van der Waals surface area contributed by atoms with E-state index in [4.69, 9.17) is 0 Å². The lowest BCUT2D eigenvalue weighted by molar-refractivity contribution is -0.173. The molecule has 0 aromatic rings. The van der Waals surface area contributed by atoms with Crippen LogP contribution >= 0.6 is 11.8 Å². The molecule has 3 rings (SSSR count). The van der Waals surface area contributed by atoms with Crippen molar-refractivity contribution < 1.29 is 29.4 Å². The number of β-lactam (4-membered cyclic amide) rings is 1. The first-order valence-electron chi connectivity index (χ1n) is 10.2. The predicted octanol–water partition coefficient (Wildman–Crippen LogP) is -1.22. The van der Waals surface area contributed by atoms with Crippen LogP contribution in [0.2, 0.25) is 0 Å². The van der Waals surface area contributed by atoms with Crippen LogP contribution < -0.4 is 5.32 Å². The fraction of sp³-hybridized carbons (Fsp3) is 0.789. The number of carboxylic acids is 1. The van der Waals surface area contributed by atoms with E-state index in [-0.39, 0.29) is 18.5 Å². The molecule has 0 saturated carbocycles. The molecule has 0 aliphatic carbocycles. The molecule has 3 N–H and O–H groups in total. The molecule has 3 aliphatic rings. The number of hydrogen-bond acceptors (Lipinski definition) is 7. The summed E-state index contributed by atoms with van der Waals surface area (Å²) in [4.78, 5) is 53.6. The first kappa shape index (κ1) is 22.8. The number of aliphatic hydroxyl groups excluding tert-OH is 1. The Bertz CT molecular complexity index is 737. The van der Waals surface area contributed by atoms with Gasteiger partial charge in [0.25, 0.3) is 5.91 Å². The van der Waals surface area contributed by atoms with Gasteiger partial charge in [0.05, 0.1) is 11.9 Å². The Balaban J connectivity index is 1.56. The molecule has 0 aromatic carbocycles. The zero-order chi connectivity index (χ0) is 22.4. The molecule has 3 fully saturated rings. The number of nitrogens with one attached hydrogen (secondary N) is 1. The second-order valence-corrected chi connectivity index (χ2v) is 10.7.